The molecule has 80 valence electrons. The Balaban J connectivity index is 1.99. The Hall–Kier alpha value is -0.350. The van der Waals surface area contributed by atoms with Crippen LogP contribution < -0.4 is 0 Å². The molecule has 1 saturated heterocycles. The molecule has 2 nitrogen and oxygen atoms in total. The number of aromatic nitrogens is 1. The van der Waals surface area contributed by atoms with Crippen LogP contribution in [0.5, 0.6) is 0 Å². The van der Waals surface area contributed by atoms with Gasteiger partial charge in [-0.15, -0.1) is 0 Å². The van der Waals surface area contributed by atoms with Crippen molar-refractivity contribution in [3.63, 3.8) is 0 Å². The largest absolute Gasteiger partial charge is 0.298 e. The van der Waals surface area contributed by atoms with Crippen molar-refractivity contribution in [2.24, 2.45) is 0 Å². The molecule has 1 aromatic rings. The van der Waals surface area contributed by atoms with Crippen LogP contribution in [-0.2, 0) is 11.2 Å². The second-order valence-corrected chi connectivity index (χ2v) is 5.88. The lowest BCUT2D eigenvalue weighted by atomic mass is 10.1. The van der Waals surface area contributed by atoms with E-state index in [2.05, 4.69) is 20.9 Å². The third-order valence-corrected chi connectivity index (χ3v) is 4.29. The minimum absolute atomic E-state index is 0.226. The number of hydrogen-bond donors (Lipinski definition) is 0. The summed E-state index contributed by atoms with van der Waals surface area (Å²) in [5.74, 6) is 1.48. The quantitative estimate of drug-likeness (QED) is 0.856. The Kier molecular flexibility index (Phi) is 3.81. The standard InChI is InChI=1S/C11H12BrNOS/c12-9-4-8(6-13-7-9)5-10(14)11-2-1-3-15-11/h4,6-7,11H,1-3,5H2. The smallest absolute Gasteiger partial charge is 0.150 e. The van der Waals surface area contributed by atoms with Crippen LogP contribution in [0.15, 0.2) is 22.9 Å². The van der Waals surface area contributed by atoms with E-state index in [-0.39, 0.29) is 5.25 Å². The second-order valence-electron chi connectivity index (χ2n) is 3.66. The Bertz CT molecular complexity index is 363. The maximum Gasteiger partial charge on any atom is 0.150 e. The zero-order valence-corrected chi connectivity index (χ0v) is 10.7. The van der Waals surface area contributed by atoms with E-state index in [4.69, 9.17) is 0 Å². The van der Waals surface area contributed by atoms with Crippen LogP contribution in [0.4, 0.5) is 0 Å². The van der Waals surface area contributed by atoms with Crippen LogP contribution >= 0.6 is 27.7 Å². The molecule has 1 aromatic heterocycles. The van der Waals surface area contributed by atoms with Crippen molar-refractivity contribution in [3.05, 3.63) is 28.5 Å². The van der Waals surface area contributed by atoms with Crippen molar-refractivity contribution < 1.29 is 4.79 Å². The van der Waals surface area contributed by atoms with Gasteiger partial charge in [-0.1, -0.05) is 0 Å². The molecule has 2 rings (SSSR count). The first-order valence-electron chi connectivity index (χ1n) is 4.99. The molecule has 1 fully saturated rings. The fourth-order valence-electron chi connectivity index (χ4n) is 1.70. The predicted octanol–water partition coefficient (Wildman–Crippen LogP) is 2.85. The highest BCUT2D eigenvalue weighted by atomic mass is 79.9. The SMILES string of the molecule is O=C(Cc1cncc(Br)c1)C1CCCS1. The van der Waals surface area contributed by atoms with Crippen molar-refractivity contribution >= 4 is 33.5 Å². The molecule has 0 bridgehead atoms. The number of halogens is 1. The summed E-state index contributed by atoms with van der Waals surface area (Å²) in [4.78, 5) is 15.9. The Morgan fingerprint density at radius 3 is 3.13 bits per heavy atom. The normalized spacial score (nSPS) is 20.5. The molecule has 4 heteroatoms. The average molecular weight is 286 g/mol. The van der Waals surface area contributed by atoms with Gasteiger partial charge in [-0.25, -0.2) is 0 Å². The number of rotatable bonds is 3. The van der Waals surface area contributed by atoms with Gasteiger partial charge in [-0.3, -0.25) is 9.78 Å². The number of carbonyl (C=O) groups is 1. The van der Waals surface area contributed by atoms with Gasteiger partial charge < -0.3 is 0 Å². The summed E-state index contributed by atoms with van der Waals surface area (Å²) in [5, 5.41) is 0.226. The number of hydrogen-bond acceptors (Lipinski definition) is 3. The first-order chi connectivity index (χ1) is 7.25. The number of Topliss-reactive ketones (excluding diaryl/α,β-unsaturated/α-hetero) is 1. The zero-order chi connectivity index (χ0) is 10.7. The lowest BCUT2D eigenvalue weighted by molar-refractivity contribution is -0.117. The summed E-state index contributed by atoms with van der Waals surface area (Å²) in [5.41, 5.74) is 1.00. The van der Waals surface area contributed by atoms with E-state index < -0.39 is 0 Å². The highest BCUT2D eigenvalue weighted by molar-refractivity contribution is 9.10. The van der Waals surface area contributed by atoms with Crippen molar-refractivity contribution in [2.75, 3.05) is 5.75 Å². The molecule has 1 aliphatic heterocycles. The molecule has 0 saturated carbocycles. The molecule has 0 radical (unpaired) electrons. The Morgan fingerprint density at radius 1 is 1.60 bits per heavy atom. The highest BCUT2D eigenvalue weighted by Gasteiger charge is 2.23. The zero-order valence-electron chi connectivity index (χ0n) is 8.28. The number of pyridine rings is 1. The molecular formula is C11H12BrNOS. The minimum Gasteiger partial charge on any atom is -0.298 e. The summed E-state index contributed by atoms with van der Waals surface area (Å²) in [6.45, 7) is 0. The van der Waals surface area contributed by atoms with E-state index in [1.54, 1.807) is 24.2 Å². The summed E-state index contributed by atoms with van der Waals surface area (Å²) in [6, 6.07) is 1.96. The van der Waals surface area contributed by atoms with Crippen LogP contribution in [0.3, 0.4) is 0 Å². The van der Waals surface area contributed by atoms with Crippen LogP contribution in [0.25, 0.3) is 0 Å². The lowest BCUT2D eigenvalue weighted by Gasteiger charge is -2.06. The fourth-order valence-corrected chi connectivity index (χ4v) is 3.33. The van der Waals surface area contributed by atoms with Gasteiger partial charge in [0.25, 0.3) is 0 Å². The number of nitrogens with zero attached hydrogens (tertiary/aromatic N) is 1. The Labute approximate surface area is 102 Å². The van der Waals surface area contributed by atoms with Gasteiger partial charge in [0.15, 0.2) is 0 Å². The van der Waals surface area contributed by atoms with Gasteiger partial charge in [-0.05, 0) is 46.2 Å². The van der Waals surface area contributed by atoms with E-state index in [0.717, 1.165) is 22.2 Å². The number of carbonyl (C=O) groups excluding carboxylic acids is 1. The third-order valence-electron chi connectivity index (χ3n) is 2.43. The van der Waals surface area contributed by atoms with Crippen molar-refractivity contribution in [2.45, 2.75) is 24.5 Å². The molecule has 2 heterocycles. The van der Waals surface area contributed by atoms with E-state index in [1.807, 2.05) is 6.07 Å². The highest BCUT2D eigenvalue weighted by Crippen LogP contribution is 2.27. The average Bonchev–Trinajstić information content (AvgIpc) is 2.70. The molecule has 1 unspecified atom stereocenters. The predicted molar refractivity (Wildman–Crippen MR) is 66.1 cm³/mol. The molecule has 0 amide bonds. The van der Waals surface area contributed by atoms with E-state index in [1.165, 1.54) is 6.42 Å². The van der Waals surface area contributed by atoms with Gasteiger partial charge >= 0.3 is 0 Å². The van der Waals surface area contributed by atoms with Crippen LogP contribution in [-0.4, -0.2) is 21.8 Å². The van der Waals surface area contributed by atoms with Crippen molar-refractivity contribution in [1.82, 2.24) is 4.98 Å². The van der Waals surface area contributed by atoms with Crippen molar-refractivity contribution in [3.8, 4) is 0 Å². The molecule has 0 aromatic carbocycles. The van der Waals surface area contributed by atoms with Gasteiger partial charge in [0.2, 0.25) is 0 Å². The molecule has 1 aliphatic rings. The van der Waals surface area contributed by atoms with Gasteiger partial charge in [-0.2, -0.15) is 11.8 Å². The number of thioether (sulfide) groups is 1. The molecule has 15 heavy (non-hydrogen) atoms. The van der Waals surface area contributed by atoms with Gasteiger partial charge in [0.05, 0.1) is 5.25 Å². The lowest BCUT2D eigenvalue weighted by Crippen LogP contribution is -2.16. The first-order valence-corrected chi connectivity index (χ1v) is 6.83. The fraction of sp³-hybridized carbons (Fsp3) is 0.455. The van der Waals surface area contributed by atoms with Crippen LogP contribution in [0.2, 0.25) is 0 Å². The van der Waals surface area contributed by atoms with E-state index in [9.17, 15) is 4.79 Å². The molecule has 0 aliphatic carbocycles. The maximum atomic E-state index is 11.9. The topological polar surface area (TPSA) is 30.0 Å². The summed E-state index contributed by atoms with van der Waals surface area (Å²) >= 11 is 5.15. The minimum atomic E-state index is 0.226. The monoisotopic (exact) mass is 285 g/mol. The molecule has 1 atom stereocenters. The van der Waals surface area contributed by atoms with Crippen LogP contribution in [0, 0.1) is 0 Å². The van der Waals surface area contributed by atoms with E-state index in [0.29, 0.717) is 12.2 Å². The van der Waals surface area contributed by atoms with Crippen molar-refractivity contribution in [1.29, 1.82) is 0 Å². The summed E-state index contributed by atoms with van der Waals surface area (Å²) < 4.78 is 0.937. The maximum absolute atomic E-state index is 11.9. The molecular weight excluding hydrogens is 274 g/mol. The Morgan fingerprint density at radius 2 is 2.47 bits per heavy atom. The molecule has 0 spiro atoms. The first kappa shape index (κ1) is 11.1. The number of ketones is 1. The summed E-state index contributed by atoms with van der Waals surface area (Å²) in [7, 11) is 0. The van der Waals surface area contributed by atoms with E-state index >= 15 is 0 Å². The molecule has 0 N–H and O–H groups in total. The second kappa shape index (κ2) is 5.12. The van der Waals surface area contributed by atoms with Crippen LogP contribution in [0.1, 0.15) is 18.4 Å². The third kappa shape index (κ3) is 3.05. The van der Waals surface area contributed by atoms with Gasteiger partial charge in [0.1, 0.15) is 5.78 Å². The van der Waals surface area contributed by atoms with Gasteiger partial charge in [0, 0.05) is 23.3 Å². The summed E-state index contributed by atoms with van der Waals surface area (Å²) in [6.07, 6.45) is 6.24.